The number of carbonyl (C=O) groups is 1. The fourth-order valence-corrected chi connectivity index (χ4v) is 1.32. The quantitative estimate of drug-likeness (QED) is 0.747. The average molecular weight is 237 g/mol. The third-order valence-corrected chi connectivity index (χ3v) is 2.95. The molecule has 0 aliphatic heterocycles. The van der Waals surface area contributed by atoms with Gasteiger partial charge in [-0.3, -0.25) is 4.79 Å². The number of aromatic hydroxyl groups is 1. The summed E-state index contributed by atoms with van der Waals surface area (Å²) in [6.07, 6.45) is -0.663. The number of aliphatic hydroxyl groups is 1. The van der Waals surface area contributed by atoms with Gasteiger partial charge in [-0.2, -0.15) is 0 Å². The van der Waals surface area contributed by atoms with Crippen molar-refractivity contribution in [2.45, 2.75) is 39.3 Å². The summed E-state index contributed by atoms with van der Waals surface area (Å²) in [7, 11) is 0. The lowest BCUT2D eigenvalue weighted by Crippen LogP contribution is -2.51. The van der Waals surface area contributed by atoms with Crippen LogP contribution in [0.4, 0.5) is 0 Å². The lowest BCUT2D eigenvalue weighted by molar-refractivity contribution is 0.0708. The summed E-state index contributed by atoms with van der Waals surface area (Å²) in [6, 6.07) is 4.63. The lowest BCUT2D eigenvalue weighted by Gasteiger charge is -2.29. The van der Waals surface area contributed by atoms with E-state index in [-0.39, 0.29) is 11.7 Å². The van der Waals surface area contributed by atoms with Crippen LogP contribution in [0.3, 0.4) is 0 Å². The van der Waals surface area contributed by atoms with Crippen molar-refractivity contribution in [3.05, 3.63) is 29.3 Å². The Balaban J connectivity index is 2.94. The van der Waals surface area contributed by atoms with Gasteiger partial charge < -0.3 is 15.5 Å². The second kappa shape index (κ2) is 4.75. The number of phenolic OH excluding ortho intramolecular Hbond substituents is 1. The van der Waals surface area contributed by atoms with Gasteiger partial charge in [0.1, 0.15) is 5.75 Å². The Kier molecular flexibility index (Phi) is 3.78. The number of carbonyl (C=O) groups excluding carboxylic acids is 1. The molecule has 1 atom stereocenters. The van der Waals surface area contributed by atoms with E-state index in [1.54, 1.807) is 33.8 Å². The third-order valence-electron chi connectivity index (χ3n) is 2.95. The highest BCUT2D eigenvalue weighted by molar-refractivity contribution is 5.96. The van der Waals surface area contributed by atoms with E-state index in [0.717, 1.165) is 5.56 Å². The van der Waals surface area contributed by atoms with E-state index in [1.807, 2.05) is 0 Å². The van der Waals surface area contributed by atoms with Gasteiger partial charge in [0.05, 0.1) is 11.6 Å². The summed E-state index contributed by atoms with van der Waals surface area (Å²) in [4.78, 5) is 12.0. The number of hydrogen-bond acceptors (Lipinski definition) is 3. The summed E-state index contributed by atoms with van der Waals surface area (Å²) in [6.45, 7) is 6.90. The minimum Gasteiger partial charge on any atom is -0.508 e. The fraction of sp³-hybridized carbons (Fsp3) is 0.462. The third kappa shape index (κ3) is 3.20. The Bertz CT molecular complexity index is 425. The van der Waals surface area contributed by atoms with Crippen LogP contribution in [0.1, 0.15) is 36.7 Å². The lowest BCUT2D eigenvalue weighted by atomic mass is 9.97. The molecule has 0 fully saturated rings. The minimum atomic E-state index is -0.713. The first-order valence-corrected chi connectivity index (χ1v) is 5.54. The van der Waals surface area contributed by atoms with Gasteiger partial charge in [0, 0.05) is 5.56 Å². The van der Waals surface area contributed by atoms with E-state index < -0.39 is 11.6 Å². The van der Waals surface area contributed by atoms with Gasteiger partial charge in [-0.05, 0) is 45.4 Å². The highest BCUT2D eigenvalue weighted by Gasteiger charge is 2.27. The van der Waals surface area contributed by atoms with Crippen LogP contribution in [-0.2, 0) is 0 Å². The average Bonchev–Trinajstić information content (AvgIpc) is 2.20. The van der Waals surface area contributed by atoms with Crippen molar-refractivity contribution in [1.29, 1.82) is 0 Å². The smallest absolute Gasteiger partial charge is 0.252 e. The molecule has 1 aromatic rings. The number of amides is 1. The maximum atomic E-state index is 12.0. The van der Waals surface area contributed by atoms with E-state index >= 15 is 0 Å². The summed E-state index contributed by atoms with van der Waals surface area (Å²) >= 11 is 0. The number of aliphatic hydroxyl groups excluding tert-OH is 1. The molecule has 0 aliphatic rings. The topological polar surface area (TPSA) is 69.6 Å². The molecule has 0 bridgehead atoms. The molecule has 0 radical (unpaired) electrons. The Morgan fingerprint density at radius 1 is 1.41 bits per heavy atom. The summed E-state index contributed by atoms with van der Waals surface area (Å²) in [5.41, 5.74) is 0.482. The van der Waals surface area contributed by atoms with E-state index in [4.69, 9.17) is 0 Å². The van der Waals surface area contributed by atoms with E-state index in [0.29, 0.717) is 5.56 Å². The van der Waals surface area contributed by atoms with Gasteiger partial charge in [-0.1, -0.05) is 6.07 Å². The van der Waals surface area contributed by atoms with E-state index in [1.165, 1.54) is 12.1 Å². The van der Waals surface area contributed by atoms with Crippen LogP contribution in [0.2, 0.25) is 0 Å². The molecule has 0 heterocycles. The van der Waals surface area contributed by atoms with Crippen molar-refractivity contribution in [3.8, 4) is 5.75 Å². The van der Waals surface area contributed by atoms with E-state index in [9.17, 15) is 15.0 Å². The van der Waals surface area contributed by atoms with E-state index in [2.05, 4.69) is 5.32 Å². The zero-order chi connectivity index (χ0) is 13.2. The van der Waals surface area contributed by atoms with Crippen LogP contribution >= 0.6 is 0 Å². The molecule has 4 nitrogen and oxygen atoms in total. The molecule has 1 aromatic carbocycles. The maximum Gasteiger partial charge on any atom is 0.252 e. The van der Waals surface area contributed by atoms with Gasteiger partial charge in [-0.25, -0.2) is 0 Å². The fourth-order valence-electron chi connectivity index (χ4n) is 1.32. The van der Waals surface area contributed by atoms with Crippen LogP contribution in [0.5, 0.6) is 5.75 Å². The largest absolute Gasteiger partial charge is 0.508 e. The van der Waals surface area contributed by atoms with Gasteiger partial charge in [-0.15, -0.1) is 0 Å². The standard InChI is InChI=1S/C13H19NO3/c1-8-5-6-10(16)7-11(8)12(17)14-13(3,4)9(2)15/h5-7,9,15-16H,1-4H3,(H,14,17). The summed E-state index contributed by atoms with van der Waals surface area (Å²) < 4.78 is 0. The first-order valence-electron chi connectivity index (χ1n) is 5.54. The molecule has 0 saturated carbocycles. The molecular weight excluding hydrogens is 218 g/mol. The number of hydrogen-bond donors (Lipinski definition) is 3. The first kappa shape index (κ1) is 13.5. The van der Waals surface area contributed by atoms with Crippen LogP contribution in [0, 0.1) is 6.92 Å². The van der Waals surface area contributed by atoms with Gasteiger partial charge in [0.25, 0.3) is 5.91 Å². The van der Waals surface area contributed by atoms with Crippen LogP contribution in [0.15, 0.2) is 18.2 Å². The monoisotopic (exact) mass is 237 g/mol. The van der Waals surface area contributed by atoms with Crippen molar-refractivity contribution in [3.63, 3.8) is 0 Å². The predicted octanol–water partition coefficient (Wildman–Crippen LogP) is 1.59. The number of nitrogens with one attached hydrogen (secondary N) is 1. The van der Waals surface area contributed by atoms with Gasteiger partial charge in [0.15, 0.2) is 0 Å². The number of aryl methyl sites for hydroxylation is 1. The van der Waals surface area contributed by atoms with Crippen molar-refractivity contribution >= 4 is 5.91 Å². The Hall–Kier alpha value is -1.55. The summed E-state index contributed by atoms with van der Waals surface area (Å²) in [5, 5.41) is 21.6. The van der Waals surface area contributed by atoms with Crippen LogP contribution in [-0.4, -0.2) is 27.8 Å². The highest BCUT2D eigenvalue weighted by Crippen LogP contribution is 2.17. The van der Waals surface area contributed by atoms with Gasteiger partial charge >= 0.3 is 0 Å². The molecule has 0 spiro atoms. The Morgan fingerprint density at radius 3 is 2.53 bits per heavy atom. The SMILES string of the molecule is Cc1ccc(O)cc1C(=O)NC(C)(C)C(C)O. The molecule has 94 valence electrons. The zero-order valence-electron chi connectivity index (χ0n) is 10.6. The number of benzene rings is 1. The molecule has 1 rings (SSSR count). The molecular formula is C13H19NO3. The molecule has 0 saturated heterocycles. The highest BCUT2D eigenvalue weighted by atomic mass is 16.3. The van der Waals surface area contributed by atoms with Crippen molar-refractivity contribution in [1.82, 2.24) is 5.32 Å². The molecule has 4 heteroatoms. The predicted molar refractivity (Wildman–Crippen MR) is 66.1 cm³/mol. The molecule has 17 heavy (non-hydrogen) atoms. The molecule has 3 N–H and O–H groups in total. The summed E-state index contributed by atoms with van der Waals surface area (Å²) in [5.74, 6) is -0.250. The molecule has 0 aromatic heterocycles. The molecule has 0 aliphatic carbocycles. The van der Waals surface area contributed by atoms with Gasteiger partial charge in [0.2, 0.25) is 0 Å². The normalized spacial score (nSPS) is 13.2. The molecule has 1 amide bonds. The number of rotatable bonds is 3. The zero-order valence-corrected chi connectivity index (χ0v) is 10.6. The van der Waals surface area contributed by atoms with Crippen molar-refractivity contribution in [2.24, 2.45) is 0 Å². The van der Waals surface area contributed by atoms with Crippen LogP contribution < -0.4 is 5.32 Å². The first-order chi connectivity index (χ1) is 7.74. The minimum absolute atomic E-state index is 0.0515. The Morgan fingerprint density at radius 2 is 2.00 bits per heavy atom. The maximum absolute atomic E-state index is 12.0. The number of phenols is 1. The van der Waals surface area contributed by atoms with Crippen molar-refractivity contribution in [2.75, 3.05) is 0 Å². The second-order valence-corrected chi connectivity index (χ2v) is 4.85. The second-order valence-electron chi connectivity index (χ2n) is 4.85. The Labute approximate surface area is 101 Å². The van der Waals surface area contributed by atoms with Crippen molar-refractivity contribution < 1.29 is 15.0 Å². The molecule has 1 unspecified atom stereocenters. The van der Waals surface area contributed by atoms with Crippen LogP contribution in [0.25, 0.3) is 0 Å².